The van der Waals surface area contributed by atoms with Crippen LogP contribution >= 0.6 is 0 Å². The number of carboxylic acid groups (broad SMARTS) is 1. The number of carboxylic acids is 1. The van der Waals surface area contributed by atoms with Gasteiger partial charge in [0.05, 0.1) is 5.56 Å². The molecule has 0 unspecified atom stereocenters. The molecule has 0 radical (unpaired) electrons. The maximum atomic E-state index is 12.0. The van der Waals surface area contributed by atoms with E-state index in [2.05, 4.69) is 9.97 Å². The van der Waals surface area contributed by atoms with E-state index in [9.17, 15) is 9.59 Å². The molecule has 0 aliphatic heterocycles. The van der Waals surface area contributed by atoms with Crippen molar-refractivity contribution in [3.05, 3.63) is 47.9 Å². The number of hydrogen-bond donors (Lipinski definition) is 2. The van der Waals surface area contributed by atoms with E-state index < -0.39 is 5.97 Å². The van der Waals surface area contributed by atoms with Crippen molar-refractivity contribution >= 4 is 17.7 Å². The Morgan fingerprint density at radius 2 is 2.17 bits per heavy atom. The van der Waals surface area contributed by atoms with Crippen LogP contribution in [0.2, 0.25) is 0 Å². The van der Waals surface area contributed by atoms with Crippen molar-refractivity contribution in [2.75, 3.05) is 11.9 Å². The van der Waals surface area contributed by atoms with Crippen LogP contribution in [0, 0.1) is 0 Å². The third kappa shape index (κ3) is 2.22. The first kappa shape index (κ1) is 11.8. The van der Waals surface area contributed by atoms with Gasteiger partial charge in [0, 0.05) is 19.4 Å². The van der Waals surface area contributed by atoms with Gasteiger partial charge in [-0.15, -0.1) is 0 Å². The molecular formula is C12H11N3O3. The lowest BCUT2D eigenvalue weighted by Gasteiger charge is -2.15. The normalized spacial score (nSPS) is 10.1. The second kappa shape index (κ2) is 4.70. The lowest BCUT2D eigenvalue weighted by atomic mass is 10.2. The first-order valence-corrected chi connectivity index (χ1v) is 5.20. The zero-order chi connectivity index (χ0) is 13.1. The molecule has 2 aromatic heterocycles. The van der Waals surface area contributed by atoms with Gasteiger partial charge in [-0.2, -0.15) is 0 Å². The minimum atomic E-state index is -1.06. The summed E-state index contributed by atoms with van der Waals surface area (Å²) in [5.74, 6) is -1.05. The van der Waals surface area contributed by atoms with E-state index in [1.807, 2.05) is 0 Å². The van der Waals surface area contributed by atoms with Crippen LogP contribution in [0.4, 0.5) is 5.82 Å². The number of amides is 1. The highest BCUT2D eigenvalue weighted by Gasteiger charge is 2.16. The maximum absolute atomic E-state index is 12.0. The van der Waals surface area contributed by atoms with Crippen molar-refractivity contribution in [1.29, 1.82) is 0 Å². The third-order valence-corrected chi connectivity index (χ3v) is 2.47. The zero-order valence-corrected chi connectivity index (χ0v) is 9.62. The summed E-state index contributed by atoms with van der Waals surface area (Å²) < 4.78 is 0. The molecule has 2 aromatic rings. The summed E-state index contributed by atoms with van der Waals surface area (Å²) >= 11 is 0. The Kier molecular flexibility index (Phi) is 3.09. The van der Waals surface area contributed by atoms with Crippen molar-refractivity contribution in [2.24, 2.45) is 0 Å². The average molecular weight is 245 g/mol. The maximum Gasteiger partial charge on any atom is 0.335 e. The van der Waals surface area contributed by atoms with Gasteiger partial charge in [0.2, 0.25) is 0 Å². The summed E-state index contributed by atoms with van der Waals surface area (Å²) in [5.41, 5.74) is 0.506. The molecule has 1 amide bonds. The average Bonchev–Trinajstić information content (AvgIpc) is 2.91. The molecule has 6 nitrogen and oxygen atoms in total. The number of H-pyrrole nitrogens is 1. The van der Waals surface area contributed by atoms with E-state index in [0.717, 1.165) is 0 Å². The van der Waals surface area contributed by atoms with Crippen LogP contribution in [-0.2, 0) is 0 Å². The van der Waals surface area contributed by atoms with Gasteiger partial charge < -0.3 is 10.1 Å². The first-order chi connectivity index (χ1) is 8.59. The molecule has 6 heteroatoms. The highest BCUT2D eigenvalue weighted by molar-refractivity contribution is 6.04. The van der Waals surface area contributed by atoms with Gasteiger partial charge in [-0.1, -0.05) is 0 Å². The van der Waals surface area contributed by atoms with Crippen LogP contribution < -0.4 is 4.90 Å². The molecule has 0 fully saturated rings. The number of carbonyl (C=O) groups is 2. The topological polar surface area (TPSA) is 86.3 Å². The molecule has 18 heavy (non-hydrogen) atoms. The van der Waals surface area contributed by atoms with Gasteiger partial charge in [-0.25, -0.2) is 9.78 Å². The first-order valence-electron chi connectivity index (χ1n) is 5.20. The number of aromatic carboxylic acids is 1. The molecule has 0 saturated heterocycles. The van der Waals surface area contributed by atoms with Crippen LogP contribution in [-0.4, -0.2) is 34.0 Å². The monoisotopic (exact) mass is 245 g/mol. The van der Waals surface area contributed by atoms with E-state index in [1.54, 1.807) is 18.3 Å². The van der Waals surface area contributed by atoms with E-state index in [4.69, 9.17) is 5.11 Å². The molecule has 0 bridgehead atoms. The number of pyridine rings is 1. The van der Waals surface area contributed by atoms with Crippen molar-refractivity contribution in [1.82, 2.24) is 9.97 Å². The summed E-state index contributed by atoms with van der Waals surface area (Å²) in [4.78, 5) is 30.9. The predicted molar refractivity (Wildman–Crippen MR) is 64.7 cm³/mol. The minimum Gasteiger partial charge on any atom is -0.478 e. The van der Waals surface area contributed by atoms with Gasteiger partial charge in [-0.3, -0.25) is 9.69 Å². The van der Waals surface area contributed by atoms with Gasteiger partial charge in [0.25, 0.3) is 5.91 Å². The molecule has 0 aromatic carbocycles. The number of hydrogen-bond acceptors (Lipinski definition) is 3. The SMILES string of the molecule is CN(C(=O)c1ccc[nH]1)c1cc(C(=O)O)ccn1. The van der Waals surface area contributed by atoms with Crippen molar-refractivity contribution < 1.29 is 14.7 Å². The molecule has 0 spiro atoms. The second-order valence-electron chi connectivity index (χ2n) is 3.66. The van der Waals surface area contributed by atoms with Crippen LogP contribution in [0.25, 0.3) is 0 Å². The Morgan fingerprint density at radius 1 is 1.39 bits per heavy atom. The molecule has 0 aliphatic carbocycles. The number of rotatable bonds is 3. The third-order valence-electron chi connectivity index (χ3n) is 2.47. The minimum absolute atomic E-state index is 0.0890. The van der Waals surface area contributed by atoms with E-state index >= 15 is 0 Å². The molecule has 0 atom stereocenters. The van der Waals surface area contributed by atoms with Crippen molar-refractivity contribution in [3.63, 3.8) is 0 Å². The van der Waals surface area contributed by atoms with Crippen LogP contribution in [0.5, 0.6) is 0 Å². The standard InChI is InChI=1S/C12H11N3O3/c1-15(11(16)9-3-2-5-13-9)10-7-8(12(17)18)4-6-14-10/h2-7,13H,1H3,(H,17,18). The van der Waals surface area contributed by atoms with Gasteiger partial charge in [0.1, 0.15) is 11.5 Å². The molecule has 2 rings (SSSR count). The fourth-order valence-electron chi connectivity index (χ4n) is 1.48. The lowest BCUT2D eigenvalue weighted by Crippen LogP contribution is -2.27. The number of nitrogens with zero attached hydrogens (tertiary/aromatic N) is 2. The fourth-order valence-corrected chi connectivity index (χ4v) is 1.48. The van der Waals surface area contributed by atoms with Crippen molar-refractivity contribution in [2.45, 2.75) is 0 Å². The van der Waals surface area contributed by atoms with Gasteiger partial charge in [-0.05, 0) is 24.3 Å². The van der Waals surface area contributed by atoms with E-state index in [1.165, 1.54) is 30.3 Å². The summed E-state index contributed by atoms with van der Waals surface area (Å²) in [6.45, 7) is 0. The van der Waals surface area contributed by atoms with Crippen LogP contribution in [0.3, 0.4) is 0 Å². The van der Waals surface area contributed by atoms with Crippen LogP contribution in [0.1, 0.15) is 20.8 Å². The highest BCUT2D eigenvalue weighted by atomic mass is 16.4. The molecule has 2 heterocycles. The predicted octanol–water partition coefficient (Wildman–Crippen LogP) is 1.38. The largest absolute Gasteiger partial charge is 0.478 e. The Bertz CT molecular complexity index is 578. The fraction of sp³-hybridized carbons (Fsp3) is 0.0833. The zero-order valence-electron chi connectivity index (χ0n) is 9.62. The molecular weight excluding hydrogens is 234 g/mol. The molecule has 2 N–H and O–H groups in total. The van der Waals surface area contributed by atoms with E-state index in [0.29, 0.717) is 5.69 Å². The Morgan fingerprint density at radius 3 is 2.78 bits per heavy atom. The molecule has 0 aliphatic rings. The lowest BCUT2D eigenvalue weighted by molar-refractivity contribution is 0.0696. The second-order valence-corrected chi connectivity index (χ2v) is 3.66. The Balaban J connectivity index is 2.29. The number of aromatic nitrogens is 2. The quantitative estimate of drug-likeness (QED) is 0.855. The summed E-state index contributed by atoms with van der Waals surface area (Å²) in [7, 11) is 1.54. The summed E-state index contributed by atoms with van der Waals surface area (Å²) in [6, 6.07) is 6.07. The molecule has 92 valence electrons. The van der Waals surface area contributed by atoms with Gasteiger partial charge in [0.15, 0.2) is 0 Å². The summed E-state index contributed by atoms with van der Waals surface area (Å²) in [6.07, 6.45) is 3.00. The number of aromatic amines is 1. The number of nitrogens with one attached hydrogen (secondary N) is 1. The number of carbonyl (C=O) groups excluding carboxylic acids is 1. The Hall–Kier alpha value is -2.63. The van der Waals surface area contributed by atoms with Crippen LogP contribution in [0.15, 0.2) is 36.7 Å². The highest BCUT2D eigenvalue weighted by Crippen LogP contribution is 2.13. The number of anilines is 1. The smallest absolute Gasteiger partial charge is 0.335 e. The summed E-state index contributed by atoms with van der Waals surface area (Å²) in [5, 5.41) is 8.88. The van der Waals surface area contributed by atoms with Gasteiger partial charge >= 0.3 is 5.97 Å². The van der Waals surface area contributed by atoms with E-state index in [-0.39, 0.29) is 17.3 Å². The van der Waals surface area contributed by atoms with Crippen molar-refractivity contribution in [3.8, 4) is 0 Å². The molecule has 0 saturated carbocycles. The Labute approximate surface area is 103 Å².